The molecule has 1 unspecified atom stereocenters. The molecule has 1 aromatic carbocycles. The van der Waals surface area contributed by atoms with Crippen molar-refractivity contribution in [3.8, 4) is 11.4 Å². The Balaban J connectivity index is 1.37. The summed E-state index contributed by atoms with van der Waals surface area (Å²) in [6.45, 7) is 6.46. The molecule has 0 radical (unpaired) electrons. The number of thioether (sulfide) groups is 1. The Bertz CT molecular complexity index is 1330. The van der Waals surface area contributed by atoms with Gasteiger partial charge in [-0.1, -0.05) is 47.7 Å². The molecule has 0 aliphatic carbocycles. The molecule has 0 fully saturated rings. The van der Waals surface area contributed by atoms with Crippen LogP contribution in [0.5, 0.6) is 0 Å². The molecule has 1 aliphatic rings. The fourth-order valence-electron chi connectivity index (χ4n) is 3.91. The van der Waals surface area contributed by atoms with Gasteiger partial charge in [-0.15, -0.1) is 28.1 Å². The van der Waals surface area contributed by atoms with Gasteiger partial charge in [0.1, 0.15) is 11.8 Å². The molecule has 4 aromatic rings. The van der Waals surface area contributed by atoms with Gasteiger partial charge in [0, 0.05) is 18.5 Å². The summed E-state index contributed by atoms with van der Waals surface area (Å²) in [5.41, 5.74) is 3.02. The fraction of sp³-hybridized carbons (Fsp3) is 0.200. The lowest BCUT2D eigenvalue weighted by molar-refractivity contribution is -0.130. The van der Waals surface area contributed by atoms with Crippen LogP contribution in [0.4, 0.5) is 0 Å². The van der Waals surface area contributed by atoms with Crippen molar-refractivity contribution < 1.29 is 9.21 Å². The Morgan fingerprint density at radius 3 is 2.91 bits per heavy atom. The average Bonchev–Trinajstić information content (AvgIpc) is 3.64. The smallest absolute Gasteiger partial charge is 0.253 e. The van der Waals surface area contributed by atoms with Crippen LogP contribution in [0.3, 0.4) is 0 Å². The van der Waals surface area contributed by atoms with Crippen LogP contribution >= 0.6 is 23.1 Å². The number of carbonyl (C=O) groups excluding carboxylic acids is 1. The van der Waals surface area contributed by atoms with Gasteiger partial charge in [0.2, 0.25) is 0 Å². The largest absolute Gasteiger partial charge is 0.467 e. The second kappa shape index (κ2) is 9.82. The van der Waals surface area contributed by atoms with Gasteiger partial charge in [0.05, 0.1) is 22.6 Å². The van der Waals surface area contributed by atoms with Crippen LogP contribution in [0.1, 0.15) is 28.7 Å². The molecule has 4 heterocycles. The van der Waals surface area contributed by atoms with Gasteiger partial charge in [-0.05, 0) is 36.6 Å². The number of amides is 1. The highest BCUT2D eigenvalue weighted by Crippen LogP contribution is 2.35. The van der Waals surface area contributed by atoms with Crippen molar-refractivity contribution in [3.05, 3.63) is 89.0 Å². The van der Waals surface area contributed by atoms with E-state index in [1.165, 1.54) is 11.8 Å². The van der Waals surface area contributed by atoms with Gasteiger partial charge in [-0.25, -0.2) is 5.01 Å². The lowest BCUT2D eigenvalue weighted by Crippen LogP contribution is -2.28. The van der Waals surface area contributed by atoms with Crippen molar-refractivity contribution in [1.82, 2.24) is 19.8 Å². The third-order valence-electron chi connectivity index (χ3n) is 5.47. The first kappa shape index (κ1) is 22.4. The van der Waals surface area contributed by atoms with Crippen LogP contribution in [0.15, 0.2) is 87.5 Å². The number of thiophene rings is 1. The number of benzene rings is 1. The number of carbonyl (C=O) groups is 1. The third-order valence-corrected chi connectivity index (χ3v) is 7.34. The summed E-state index contributed by atoms with van der Waals surface area (Å²) >= 11 is 2.97. The highest BCUT2D eigenvalue weighted by molar-refractivity contribution is 7.99. The van der Waals surface area contributed by atoms with E-state index in [2.05, 4.69) is 27.9 Å². The van der Waals surface area contributed by atoms with Crippen LogP contribution in [0, 0.1) is 6.92 Å². The number of aromatic nitrogens is 3. The van der Waals surface area contributed by atoms with Crippen LogP contribution in [0.2, 0.25) is 0 Å². The van der Waals surface area contributed by atoms with Gasteiger partial charge in [-0.2, -0.15) is 5.10 Å². The molecule has 172 valence electrons. The van der Waals surface area contributed by atoms with Gasteiger partial charge in [-0.3, -0.25) is 9.36 Å². The molecule has 5 rings (SSSR count). The molecule has 1 amide bonds. The summed E-state index contributed by atoms with van der Waals surface area (Å²) in [5.74, 6) is 1.56. The quantitative estimate of drug-likeness (QED) is 0.239. The molecule has 9 heteroatoms. The maximum absolute atomic E-state index is 13.3. The van der Waals surface area contributed by atoms with E-state index in [9.17, 15) is 4.79 Å². The van der Waals surface area contributed by atoms with Crippen molar-refractivity contribution in [1.29, 1.82) is 0 Å². The topological polar surface area (TPSA) is 76.5 Å². The minimum Gasteiger partial charge on any atom is -0.467 e. The van der Waals surface area contributed by atoms with E-state index in [0.717, 1.165) is 33.3 Å². The highest BCUT2D eigenvalue weighted by atomic mass is 32.2. The van der Waals surface area contributed by atoms with Crippen LogP contribution < -0.4 is 0 Å². The lowest BCUT2D eigenvalue weighted by Gasteiger charge is -2.19. The Labute approximate surface area is 205 Å². The van der Waals surface area contributed by atoms with E-state index >= 15 is 0 Å². The average molecular weight is 490 g/mol. The number of rotatable bonds is 8. The predicted molar refractivity (Wildman–Crippen MR) is 135 cm³/mol. The first-order valence-corrected chi connectivity index (χ1v) is 12.7. The maximum atomic E-state index is 13.3. The van der Waals surface area contributed by atoms with Crippen molar-refractivity contribution in [2.45, 2.75) is 31.1 Å². The molecule has 34 heavy (non-hydrogen) atoms. The van der Waals surface area contributed by atoms with E-state index in [4.69, 9.17) is 4.42 Å². The summed E-state index contributed by atoms with van der Waals surface area (Å²) in [7, 11) is 0. The molecular formula is C25H23N5O2S2. The number of furan rings is 1. The summed E-state index contributed by atoms with van der Waals surface area (Å²) in [5, 5.41) is 17.7. The molecule has 0 saturated heterocycles. The van der Waals surface area contributed by atoms with Crippen LogP contribution in [-0.2, 0) is 11.3 Å². The van der Waals surface area contributed by atoms with Gasteiger partial charge in [0.15, 0.2) is 11.0 Å². The number of hydrogen-bond donors (Lipinski definition) is 0. The number of hydrazone groups is 1. The first-order valence-electron chi connectivity index (χ1n) is 10.8. The molecule has 1 atom stereocenters. The molecule has 1 aliphatic heterocycles. The monoisotopic (exact) mass is 489 g/mol. The van der Waals surface area contributed by atoms with E-state index in [1.54, 1.807) is 28.7 Å². The van der Waals surface area contributed by atoms with Crippen LogP contribution in [0.25, 0.3) is 11.4 Å². The molecule has 3 aromatic heterocycles. The zero-order chi connectivity index (χ0) is 23.5. The summed E-state index contributed by atoms with van der Waals surface area (Å²) < 4.78 is 7.61. The van der Waals surface area contributed by atoms with Crippen molar-refractivity contribution in [2.24, 2.45) is 5.10 Å². The summed E-state index contributed by atoms with van der Waals surface area (Å²) in [6, 6.07) is 15.6. The second-order valence-electron chi connectivity index (χ2n) is 7.86. The van der Waals surface area contributed by atoms with Crippen molar-refractivity contribution >= 4 is 34.7 Å². The number of allylic oxidation sites excluding steroid dienone is 1. The molecule has 0 spiro atoms. The third kappa shape index (κ3) is 4.49. The number of aryl methyl sites for hydroxylation is 1. The zero-order valence-corrected chi connectivity index (χ0v) is 20.3. The van der Waals surface area contributed by atoms with Crippen molar-refractivity contribution in [2.75, 3.05) is 5.75 Å². The minimum absolute atomic E-state index is 0.108. The van der Waals surface area contributed by atoms with E-state index in [0.29, 0.717) is 18.1 Å². The standard InChI is InChI=1S/C25H23N5O2S2/c1-3-11-29-24(18-8-4-7-17(2)14-18)26-27-25(29)34-16-23(31)30-20(21-9-5-12-32-21)15-19(28-30)22-10-6-13-33-22/h3-10,12-14,20H,1,11,15-16H2,2H3. The van der Waals surface area contributed by atoms with Gasteiger partial charge in [0.25, 0.3) is 5.91 Å². The Morgan fingerprint density at radius 2 is 2.18 bits per heavy atom. The second-order valence-corrected chi connectivity index (χ2v) is 9.75. The first-order chi connectivity index (χ1) is 16.6. The zero-order valence-electron chi connectivity index (χ0n) is 18.6. The SMILES string of the molecule is C=CCn1c(SCC(=O)N2N=C(c3cccs3)CC2c2ccco2)nnc1-c1cccc(C)c1. The van der Waals surface area contributed by atoms with E-state index < -0.39 is 0 Å². The maximum Gasteiger partial charge on any atom is 0.253 e. The Kier molecular flexibility index (Phi) is 6.46. The van der Waals surface area contributed by atoms with Gasteiger partial charge >= 0.3 is 0 Å². The minimum atomic E-state index is -0.255. The Morgan fingerprint density at radius 1 is 1.26 bits per heavy atom. The fourth-order valence-corrected chi connectivity index (χ4v) is 5.43. The summed E-state index contributed by atoms with van der Waals surface area (Å²) in [6.07, 6.45) is 4.05. The molecule has 0 saturated carbocycles. The van der Waals surface area contributed by atoms with E-state index in [-0.39, 0.29) is 17.7 Å². The summed E-state index contributed by atoms with van der Waals surface area (Å²) in [4.78, 5) is 14.4. The van der Waals surface area contributed by atoms with Crippen molar-refractivity contribution in [3.63, 3.8) is 0 Å². The molecule has 0 N–H and O–H groups in total. The van der Waals surface area contributed by atoms with Gasteiger partial charge < -0.3 is 4.42 Å². The highest BCUT2D eigenvalue weighted by Gasteiger charge is 2.35. The lowest BCUT2D eigenvalue weighted by atomic mass is 10.1. The normalized spacial score (nSPS) is 15.5. The number of hydrogen-bond acceptors (Lipinski definition) is 7. The number of nitrogens with zero attached hydrogens (tertiary/aromatic N) is 5. The molecular weight excluding hydrogens is 466 g/mol. The molecule has 0 bridgehead atoms. The molecule has 7 nitrogen and oxygen atoms in total. The Hall–Kier alpha value is -3.43. The van der Waals surface area contributed by atoms with E-state index in [1.807, 2.05) is 59.3 Å². The van der Waals surface area contributed by atoms with Crippen LogP contribution in [-0.4, -0.2) is 37.1 Å². The predicted octanol–water partition coefficient (Wildman–Crippen LogP) is 5.56.